The Morgan fingerprint density at radius 1 is 1.19 bits per heavy atom. The number of rotatable bonds is 8. The fraction of sp³-hybridized carbons (Fsp3) is 0.500. The van der Waals surface area contributed by atoms with Crippen molar-refractivity contribution in [1.82, 2.24) is 24.6 Å². The largest absolute Gasteiger partial charge is 0.333 e. The lowest BCUT2D eigenvalue weighted by Crippen LogP contribution is -2.27. The summed E-state index contributed by atoms with van der Waals surface area (Å²) in [4.78, 5) is 8.32. The molecule has 0 radical (unpaired) electrons. The van der Waals surface area contributed by atoms with Gasteiger partial charge in [0.2, 0.25) is 0 Å². The highest BCUT2D eigenvalue weighted by Crippen LogP contribution is 2.17. The van der Waals surface area contributed by atoms with Crippen LogP contribution in [-0.4, -0.2) is 36.0 Å². The topological polar surface area (TPSA) is 88.9 Å². The minimum atomic E-state index is -3.51. The highest BCUT2D eigenvalue weighted by atomic mass is 35.5. The fourth-order valence-corrected chi connectivity index (χ4v) is 3.80. The van der Waals surface area contributed by atoms with Gasteiger partial charge in [0.15, 0.2) is 5.03 Å². The number of nitrogens with zero attached hydrogens (tertiary/aromatic N) is 3. The molecule has 7 nitrogen and oxygen atoms in total. The molecular formula is C16H25Cl2N5O2S. The number of hydrogen-bond donors (Lipinski definition) is 2. The van der Waals surface area contributed by atoms with E-state index in [9.17, 15) is 8.42 Å². The average molecular weight is 422 g/mol. The fourth-order valence-electron chi connectivity index (χ4n) is 2.75. The summed E-state index contributed by atoms with van der Waals surface area (Å²) in [6.45, 7) is 2.71. The molecule has 1 aliphatic heterocycles. The number of sulfonamides is 1. The maximum atomic E-state index is 12.3. The van der Waals surface area contributed by atoms with E-state index in [1.807, 2.05) is 22.9 Å². The summed E-state index contributed by atoms with van der Waals surface area (Å²) < 4.78 is 29.2. The third-order valence-corrected chi connectivity index (χ3v) is 5.37. The Labute approximate surface area is 166 Å². The van der Waals surface area contributed by atoms with E-state index >= 15 is 0 Å². The van der Waals surface area contributed by atoms with Crippen molar-refractivity contribution in [2.24, 2.45) is 0 Å². The van der Waals surface area contributed by atoms with Gasteiger partial charge in [-0.15, -0.1) is 24.8 Å². The van der Waals surface area contributed by atoms with E-state index < -0.39 is 10.0 Å². The van der Waals surface area contributed by atoms with Crippen molar-refractivity contribution in [2.75, 3.05) is 13.1 Å². The lowest BCUT2D eigenvalue weighted by Gasteiger charge is -2.11. The molecule has 3 rings (SSSR count). The van der Waals surface area contributed by atoms with Gasteiger partial charge >= 0.3 is 0 Å². The molecule has 0 unspecified atom stereocenters. The Bertz CT molecular complexity index is 745. The number of nitrogens with one attached hydrogen (secondary N) is 2. The van der Waals surface area contributed by atoms with E-state index in [0.717, 1.165) is 50.3 Å². The number of pyridine rings is 1. The molecule has 0 amide bonds. The number of halogens is 2. The van der Waals surface area contributed by atoms with E-state index in [1.165, 1.54) is 0 Å². The van der Waals surface area contributed by atoms with Crippen molar-refractivity contribution in [2.45, 2.75) is 43.8 Å². The summed E-state index contributed by atoms with van der Waals surface area (Å²) >= 11 is 0. The molecule has 0 saturated heterocycles. The Hall–Kier alpha value is -1.19. The minimum absolute atomic E-state index is 0. The molecule has 2 aromatic heterocycles. The molecule has 0 saturated carbocycles. The molecule has 2 aromatic rings. The molecule has 0 aromatic carbocycles. The highest BCUT2D eigenvalue weighted by molar-refractivity contribution is 7.89. The van der Waals surface area contributed by atoms with E-state index in [-0.39, 0.29) is 29.8 Å². The first-order chi connectivity index (χ1) is 11.6. The second kappa shape index (κ2) is 10.8. The van der Waals surface area contributed by atoms with Crippen LogP contribution in [0.5, 0.6) is 0 Å². The van der Waals surface area contributed by atoms with Gasteiger partial charge in [0.05, 0.1) is 0 Å². The van der Waals surface area contributed by atoms with Crippen molar-refractivity contribution < 1.29 is 8.42 Å². The summed E-state index contributed by atoms with van der Waals surface area (Å²) in [6, 6.07) is 3.90. The van der Waals surface area contributed by atoms with Crippen molar-refractivity contribution in [3.8, 4) is 0 Å². The van der Waals surface area contributed by atoms with Crippen molar-refractivity contribution in [3.63, 3.8) is 0 Å². The molecule has 146 valence electrons. The maximum absolute atomic E-state index is 12.3. The molecule has 10 heteroatoms. The lowest BCUT2D eigenvalue weighted by molar-refractivity contribution is 0.522. The smallest absolute Gasteiger partial charge is 0.259 e. The molecule has 1 aliphatic rings. The van der Waals surface area contributed by atoms with Crippen LogP contribution in [0.3, 0.4) is 0 Å². The van der Waals surface area contributed by atoms with Gasteiger partial charge in [0.1, 0.15) is 5.82 Å². The van der Waals surface area contributed by atoms with Gasteiger partial charge in [0, 0.05) is 44.6 Å². The van der Waals surface area contributed by atoms with Gasteiger partial charge in [-0.3, -0.25) is 4.98 Å². The summed E-state index contributed by atoms with van der Waals surface area (Å²) in [5.74, 6) is 0.875. The Kier molecular flexibility index (Phi) is 9.52. The van der Waals surface area contributed by atoms with Crippen LogP contribution in [0.15, 0.2) is 35.7 Å². The molecule has 0 fully saturated rings. The Morgan fingerprint density at radius 3 is 2.77 bits per heavy atom. The van der Waals surface area contributed by atoms with E-state index in [2.05, 4.69) is 20.0 Å². The number of fused-ring (bicyclic) bond motifs is 1. The van der Waals surface area contributed by atoms with Crippen LogP contribution >= 0.6 is 24.8 Å². The third-order valence-electron chi connectivity index (χ3n) is 4.04. The monoisotopic (exact) mass is 421 g/mol. The van der Waals surface area contributed by atoms with E-state index in [0.29, 0.717) is 13.0 Å². The number of aryl methyl sites for hydroxylation is 2. The summed E-state index contributed by atoms with van der Waals surface area (Å²) in [7, 11) is -3.51. The van der Waals surface area contributed by atoms with Gasteiger partial charge in [-0.2, -0.15) is 0 Å². The predicted octanol–water partition coefficient (Wildman–Crippen LogP) is 1.92. The molecular weight excluding hydrogens is 397 g/mol. The first-order valence-corrected chi connectivity index (χ1v) is 9.79. The van der Waals surface area contributed by atoms with Gasteiger partial charge < -0.3 is 9.88 Å². The van der Waals surface area contributed by atoms with Crippen LogP contribution in [0, 0.1) is 0 Å². The summed E-state index contributed by atoms with van der Waals surface area (Å²) in [6.07, 6.45) is 8.94. The molecule has 0 atom stereocenters. The summed E-state index contributed by atoms with van der Waals surface area (Å²) in [5.41, 5.74) is 1.11. The zero-order valence-electron chi connectivity index (χ0n) is 14.4. The van der Waals surface area contributed by atoms with Gasteiger partial charge in [0.25, 0.3) is 10.0 Å². The van der Waals surface area contributed by atoms with Crippen LogP contribution in [-0.2, 0) is 29.5 Å². The zero-order chi connectivity index (χ0) is 16.8. The van der Waals surface area contributed by atoms with Crippen LogP contribution in [0.4, 0.5) is 0 Å². The van der Waals surface area contributed by atoms with E-state index in [4.69, 9.17) is 0 Å². The third kappa shape index (κ3) is 6.21. The molecule has 3 heterocycles. The van der Waals surface area contributed by atoms with Crippen LogP contribution < -0.4 is 10.0 Å². The van der Waals surface area contributed by atoms with Crippen LogP contribution in [0.1, 0.15) is 30.7 Å². The molecule has 0 bridgehead atoms. The van der Waals surface area contributed by atoms with Crippen molar-refractivity contribution in [1.29, 1.82) is 0 Å². The van der Waals surface area contributed by atoms with Crippen molar-refractivity contribution >= 4 is 34.8 Å². The minimum Gasteiger partial charge on any atom is -0.333 e. The predicted molar refractivity (Wildman–Crippen MR) is 105 cm³/mol. The first-order valence-electron chi connectivity index (χ1n) is 8.30. The zero-order valence-corrected chi connectivity index (χ0v) is 16.9. The van der Waals surface area contributed by atoms with Crippen molar-refractivity contribution in [3.05, 3.63) is 42.1 Å². The number of aromatic nitrogens is 3. The number of imidazole rings is 1. The standard InChI is InChI=1S/C16H23N5O2S.2ClH/c22-24(23,16-13-21-10-2-1-6-15(21)20-16)19-9-4-8-18-12-14-5-3-7-17-11-14;;/h3,5,7,11,13,18-19H,1-2,4,6,8-10,12H2;2*1H. The van der Waals surface area contributed by atoms with Gasteiger partial charge in [-0.25, -0.2) is 18.1 Å². The molecule has 2 N–H and O–H groups in total. The Morgan fingerprint density at radius 2 is 2.04 bits per heavy atom. The summed E-state index contributed by atoms with van der Waals surface area (Å²) in [5, 5.41) is 3.41. The van der Waals surface area contributed by atoms with Crippen LogP contribution in [0.25, 0.3) is 0 Å². The molecule has 0 aliphatic carbocycles. The van der Waals surface area contributed by atoms with Crippen LogP contribution in [0.2, 0.25) is 0 Å². The number of hydrogen-bond acceptors (Lipinski definition) is 5. The quantitative estimate of drug-likeness (QED) is 0.635. The second-order valence-corrected chi connectivity index (χ2v) is 7.65. The second-order valence-electron chi connectivity index (χ2n) is 5.94. The normalized spacial score (nSPS) is 13.4. The highest BCUT2D eigenvalue weighted by Gasteiger charge is 2.21. The van der Waals surface area contributed by atoms with Gasteiger partial charge in [-0.1, -0.05) is 6.07 Å². The average Bonchev–Trinajstić information content (AvgIpc) is 3.04. The maximum Gasteiger partial charge on any atom is 0.259 e. The molecule has 26 heavy (non-hydrogen) atoms. The SMILES string of the molecule is Cl.Cl.O=S(=O)(NCCCNCc1cccnc1)c1cn2c(n1)CCCC2. The first kappa shape index (κ1) is 22.9. The van der Waals surface area contributed by atoms with E-state index in [1.54, 1.807) is 12.4 Å². The Balaban J connectivity index is 0.00000169. The molecule has 0 spiro atoms. The lowest BCUT2D eigenvalue weighted by atomic mass is 10.2. The van der Waals surface area contributed by atoms with Gasteiger partial charge in [-0.05, 0) is 37.4 Å².